The van der Waals surface area contributed by atoms with Crippen LogP contribution in [0.15, 0.2) is 42.5 Å². The third-order valence-electron chi connectivity index (χ3n) is 3.62. The lowest BCUT2D eigenvalue weighted by Gasteiger charge is -2.27. The number of carbonyl (C=O) groups is 1. The van der Waals surface area contributed by atoms with E-state index in [-0.39, 0.29) is 6.03 Å². The zero-order chi connectivity index (χ0) is 16.3. The maximum atomic E-state index is 12.3. The lowest BCUT2D eigenvalue weighted by Crippen LogP contribution is -2.43. The molecule has 0 spiro atoms. The third kappa shape index (κ3) is 4.01. The molecule has 0 heterocycles. The van der Waals surface area contributed by atoms with Gasteiger partial charge in [0, 0.05) is 10.7 Å². The van der Waals surface area contributed by atoms with Crippen molar-refractivity contribution in [2.24, 2.45) is 0 Å². The molecule has 0 aliphatic heterocycles. The second kappa shape index (κ2) is 6.41. The summed E-state index contributed by atoms with van der Waals surface area (Å²) in [5, 5.41) is 6.57. The predicted molar refractivity (Wildman–Crippen MR) is 92.5 cm³/mol. The molecule has 0 aliphatic carbocycles. The number of amides is 2. The van der Waals surface area contributed by atoms with Crippen molar-refractivity contribution in [2.45, 2.75) is 33.2 Å². The molecule has 3 nitrogen and oxygen atoms in total. The van der Waals surface area contributed by atoms with Crippen LogP contribution >= 0.6 is 11.6 Å². The maximum absolute atomic E-state index is 12.3. The van der Waals surface area contributed by atoms with E-state index in [0.717, 1.165) is 16.8 Å². The molecule has 22 heavy (non-hydrogen) atoms. The van der Waals surface area contributed by atoms with Crippen LogP contribution < -0.4 is 10.6 Å². The number of benzene rings is 2. The van der Waals surface area contributed by atoms with Crippen LogP contribution in [0.3, 0.4) is 0 Å². The molecule has 0 unspecified atom stereocenters. The summed E-state index contributed by atoms with van der Waals surface area (Å²) in [4.78, 5) is 12.3. The van der Waals surface area contributed by atoms with E-state index in [1.54, 1.807) is 0 Å². The van der Waals surface area contributed by atoms with Gasteiger partial charge in [0.25, 0.3) is 0 Å². The molecule has 0 aromatic heterocycles. The monoisotopic (exact) mass is 316 g/mol. The van der Waals surface area contributed by atoms with Crippen LogP contribution in [-0.2, 0) is 5.54 Å². The number of urea groups is 1. The summed E-state index contributed by atoms with van der Waals surface area (Å²) >= 11 is 5.91. The molecule has 2 aromatic rings. The average molecular weight is 317 g/mol. The van der Waals surface area contributed by atoms with E-state index < -0.39 is 5.54 Å². The zero-order valence-corrected chi connectivity index (χ0v) is 14.1. The smallest absolute Gasteiger partial charge is 0.319 e. The summed E-state index contributed by atoms with van der Waals surface area (Å²) in [7, 11) is 0. The van der Waals surface area contributed by atoms with Gasteiger partial charge in [0.15, 0.2) is 0 Å². The molecule has 0 saturated heterocycles. The number of halogens is 1. The Morgan fingerprint density at radius 1 is 1.05 bits per heavy atom. The molecule has 2 rings (SSSR count). The van der Waals surface area contributed by atoms with Crippen molar-refractivity contribution in [2.75, 3.05) is 5.32 Å². The van der Waals surface area contributed by atoms with Gasteiger partial charge in [-0.1, -0.05) is 41.4 Å². The topological polar surface area (TPSA) is 41.1 Å². The molecular formula is C18H21ClN2O. The van der Waals surface area contributed by atoms with E-state index in [2.05, 4.69) is 10.6 Å². The highest BCUT2D eigenvalue weighted by Crippen LogP contribution is 2.22. The van der Waals surface area contributed by atoms with Crippen molar-refractivity contribution in [1.82, 2.24) is 5.32 Å². The van der Waals surface area contributed by atoms with Gasteiger partial charge in [-0.05, 0) is 57.0 Å². The highest BCUT2D eigenvalue weighted by atomic mass is 35.5. The highest BCUT2D eigenvalue weighted by molar-refractivity contribution is 6.30. The van der Waals surface area contributed by atoms with E-state index in [1.165, 1.54) is 5.56 Å². The van der Waals surface area contributed by atoms with Gasteiger partial charge >= 0.3 is 6.03 Å². The maximum Gasteiger partial charge on any atom is 0.319 e. The van der Waals surface area contributed by atoms with Crippen LogP contribution in [0.1, 0.15) is 30.5 Å². The average Bonchev–Trinajstić information content (AvgIpc) is 2.42. The first-order valence-electron chi connectivity index (χ1n) is 7.20. The quantitative estimate of drug-likeness (QED) is 0.820. The minimum atomic E-state index is -0.493. The Labute approximate surface area is 136 Å². The normalized spacial score (nSPS) is 11.1. The van der Waals surface area contributed by atoms with Gasteiger partial charge in [-0.25, -0.2) is 4.79 Å². The summed E-state index contributed by atoms with van der Waals surface area (Å²) < 4.78 is 0. The van der Waals surface area contributed by atoms with Gasteiger partial charge < -0.3 is 10.6 Å². The lowest BCUT2D eigenvalue weighted by atomic mass is 9.94. The van der Waals surface area contributed by atoms with Crippen LogP contribution in [0.5, 0.6) is 0 Å². The van der Waals surface area contributed by atoms with Gasteiger partial charge in [-0.2, -0.15) is 0 Å². The second-order valence-electron chi connectivity index (χ2n) is 6.03. The Morgan fingerprint density at radius 2 is 1.68 bits per heavy atom. The van der Waals surface area contributed by atoms with Gasteiger partial charge in [-0.3, -0.25) is 0 Å². The SMILES string of the molecule is Cc1ccc(NC(=O)NC(C)(C)c2ccc(Cl)cc2)c(C)c1. The molecule has 2 aromatic carbocycles. The minimum absolute atomic E-state index is 0.230. The van der Waals surface area contributed by atoms with E-state index in [1.807, 2.05) is 70.2 Å². The van der Waals surface area contributed by atoms with Crippen molar-refractivity contribution in [3.63, 3.8) is 0 Å². The number of carbonyl (C=O) groups excluding carboxylic acids is 1. The van der Waals surface area contributed by atoms with Crippen molar-refractivity contribution >= 4 is 23.3 Å². The van der Waals surface area contributed by atoms with E-state index in [4.69, 9.17) is 11.6 Å². The predicted octanol–water partition coefficient (Wildman–Crippen LogP) is 5.01. The summed E-state index contributed by atoms with van der Waals surface area (Å²) in [5.41, 5.74) is 3.53. The van der Waals surface area contributed by atoms with Gasteiger partial charge in [0.1, 0.15) is 0 Å². The third-order valence-corrected chi connectivity index (χ3v) is 3.87. The van der Waals surface area contributed by atoms with Crippen molar-refractivity contribution in [3.8, 4) is 0 Å². The second-order valence-corrected chi connectivity index (χ2v) is 6.47. The van der Waals surface area contributed by atoms with E-state index in [9.17, 15) is 4.79 Å². The highest BCUT2D eigenvalue weighted by Gasteiger charge is 2.22. The standard InChI is InChI=1S/C18H21ClN2O/c1-12-5-10-16(13(2)11-12)20-17(22)21-18(3,4)14-6-8-15(19)9-7-14/h5-11H,1-4H3,(H2,20,21,22). The first kappa shape index (κ1) is 16.4. The van der Waals surface area contributed by atoms with E-state index >= 15 is 0 Å². The molecule has 2 N–H and O–H groups in total. The molecule has 0 aliphatic rings. The summed E-state index contributed by atoms with van der Waals surface area (Å²) in [6, 6.07) is 13.2. The Kier molecular flexibility index (Phi) is 4.77. The largest absolute Gasteiger partial charge is 0.329 e. The van der Waals surface area contributed by atoms with Gasteiger partial charge in [0.05, 0.1) is 5.54 Å². The number of nitrogens with one attached hydrogen (secondary N) is 2. The Balaban J connectivity index is 2.08. The van der Waals surface area contributed by atoms with Crippen LogP contribution in [-0.4, -0.2) is 6.03 Å². The number of rotatable bonds is 3. The van der Waals surface area contributed by atoms with Crippen molar-refractivity contribution in [1.29, 1.82) is 0 Å². The lowest BCUT2D eigenvalue weighted by molar-refractivity contribution is 0.242. The first-order valence-corrected chi connectivity index (χ1v) is 7.58. The summed E-state index contributed by atoms with van der Waals surface area (Å²) in [6.07, 6.45) is 0. The summed E-state index contributed by atoms with van der Waals surface area (Å²) in [5.74, 6) is 0. The molecule has 0 saturated carbocycles. The van der Waals surface area contributed by atoms with Gasteiger partial charge in [-0.15, -0.1) is 0 Å². The fourth-order valence-corrected chi connectivity index (χ4v) is 2.46. The molecular weight excluding hydrogens is 296 g/mol. The molecule has 0 fully saturated rings. The molecule has 0 atom stereocenters. The molecule has 116 valence electrons. The fraction of sp³-hybridized carbons (Fsp3) is 0.278. The Morgan fingerprint density at radius 3 is 2.27 bits per heavy atom. The molecule has 0 bridgehead atoms. The minimum Gasteiger partial charge on any atom is -0.329 e. The van der Waals surface area contributed by atoms with Gasteiger partial charge in [0.2, 0.25) is 0 Å². The molecule has 4 heteroatoms. The van der Waals surface area contributed by atoms with Crippen LogP contribution in [0.4, 0.5) is 10.5 Å². The molecule has 0 radical (unpaired) electrons. The number of hydrogen-bond acceptors (Lipinski definition) is 1. The number of anilines is 1. The van der Waals surface area contributed by atoms with E-state index in [0.29, 0.717) is 5.02 Å². The fourth-order valence-electron chi connectivity index (χ4n) is 2.33. The van der Waals surface area contributed by atoms with Crippen LogP contribution in [0.2, 0.25) is 5.02 Å². The first-order chi connectivity index (χ1) is 10.3. The molecule has 2 amide bonds. The van der Waals surface area contributed by atoms with Crippen molar-refractivity contribution in [3.05, 3.63) is 64.2 Å². The van der Waals surface area contributed by atoms with Crippen molar-refractivity contribution < 1.29 is 4.79 Å². The van der Waals surface area contributed by atoms with Crippen LogP contribution in [0, 0.1) is 13.8 Å². The van der Waals surface area contributed by atoms with Crippen LogP contribution in [0.25, 0.3) is 0 Å². The number of hydrogen-bond donors (Lipinski definition) is 2. The summed E-state index contributed by atoms with van der Waals surface area (Å²) in [6.45, 7) is 7.92. The Bertz CT molecular complexity index is 678. The zero-order valence-electron chi connectivity index (χ0n) is 13.3. The Hall–Kier alpha value is -2.00. The number of aryl methyl sites for hydroxylation is 2.